The number of fused-ring (bicyclic) bond motifs is 1. The fraction of sp³-hybridized carbons (Fsp3) is 0.429. The summed E-state index contributed by atoms with van der Waals surface area (Å²) < 4.78 is 39.8. The molecular weight excluding hydrogens is 333 g/mol. The van der Waals surface area contributed by atoms with Crippen molar-refractivity contribution in [2.75, 3.05) is 13.1 Å². The van der Waals surface area contributed by atoms with E-state index in [4.69, 9.17) is 5.73 Å². The third kappa shape index (κ3) is 3.59. The normalized spacial score (nSPS) is 21.5. The maximum absolute atomic E-state index is 12.8. The molecule has 126 valence electrons. The van der Waals surface area contributed by atoms with Crippen LogP contribution in [0.2, 0.25) is 0 Å². The first-order valence-electron chi connectivity index (χ1n) is 6.87. The summed E-state index contributed by atoms with van der Waals surface area (Å²) in [5.41, 5.74) is 6.25. The maximum atomic E-state index is 12.8. The number of carbonyl (C=O) groups excluding carboxylic acids is 1. The first kappa shape index (κ1) is 17.6. The Labute approximate surface area is 136 Å². The Morgan fingerprint density at radius 3 is 2.61 bits per heavy atom. The number of aromatic nitrogens is 2. The van der Waals surface area contributed by atoms with Gasteiger partial charge in [-0.25, -0.2) is 0 Å². The van der Waals surface area contributed by atoms with Crippen molar-refractivity contribution in [2.24, 2.45) is 11.7 Å². The van der Waals surface area contributed by atoms with Gasteiger partial charge >= 0.3 is 6.18 Å². The molecule has 2 aromatic rings. The van der Waals surface area contributed by atoms with E-state index in [-0.39, 0.29) is 32.0 Å². The molecule has 3 rings (SSSR count). The van der Waals surface area contributed by atoms with Crippen molar-refractivity contribution in [3.05, 3.63) is 30.5 Å². The Morgan fingerprint density at radius 1 is 1.30 bits per heavy atom. The molecule has 0 aliphatic carbocycles. The SMILES string of the molecule is Cl.N[C@@H]1CN(C(=O)Cn2cc3ccccc3n2)C[C@H]1C(F)(F)F. The zero-order chi connectivity index (χ0) is 15.9. The number of nitrogens with two attached hydrogens (primary N) is 1. The number of hydrogen-bond donors (Lipinski definition) is 1. The molecule has 0 radical (unpaired) electrons. The van der Waals surface area contributed by atoms with E-state index in [1.54, 1.807) is 6.20 Å². The summed E-state index contributed by atoms with van der Waals surface area (Å²) in [6, 6.07) is 6.27. The quantitative estimate of drug-likeness (QED) is 0.900. The van der Waals surface area contributed by atoms with Crippen LogP contribution in [0.15, 0.2) is 30.5 Å². The Kier molecular flexibility index (Phi) is 4.86. The number of halogens is 4. The smallest absolute Gasteiger partial charge is 0.339 e. The van der Waals surface area contributed by atoms with Gasteiger partial charge in [-0.1, -0.05) is 18.2 Å². The molecule has 2 N–H and O–H groups in total. The molecule has 1 fully saturated rings. The van der Waals surface area contributed by atoms with Crippen LogP contribution in [0.25, 0.3) is 10.9 Å². The van der Waals surface area contributed by atoms with Crippen LogP contribution < -0.4 is 5.73 Å². The molecule has 9 heteroatoms. The highest BCUT2D eigenvalue weighted by atomic mass is 35.5. The number of rotatable bonds is 2. The van der Waals surface area contributed by atoms with E-state index in [1.165, 1.54) is 4.68 Å². The number of likely N-dealkylation sites (tertiary alicyclic amines) is 1. The van der Waals surface area contributed by atoms with Crippen LogP contribution in [0, 0.1) is 5.92 Å². The maximum Gasteiger partial charge on any atom is 0.395 e. The number of nitrogens with zero attached hydrogens (tertiary/aromatic N) is 3. The Hall–Kier alpha value is -1.80. The third-order valence-corrected chi connectivity index (χ3v) is 3.90. The molecular formula is C14H16ClF3N4O. The number of benzene rings is 1. The van der Waals surface area contributed by atoms with Crippen molar-refractivity contribution in [3.63, 3.8) is 0 Å². The lowest BCUT2D eigenvalue weighted by atomic mass is 10.1. The molecule has 2 heterocycles. The summed E-state index contributed by atoms with van der Waals surface area (Å²) in [5, 5.41) is 5.10. The minimum Gasteiger partial charge on any atom is -0.339 e. The molecule has 1 aromatic carbocycles. The Balaban J connectivity index is 0.00000192. The van der Waals surface area contributed by atoms with E-state index in [0.717, 1.165) is 15.8 Å². The molecule has 0 spiro atoms. The van der Waals surface area contributed by atoms with Gasteiger partial charge in [0.15, 0.2) is 0 Å². The van der Waals surface area contributed by atoms with Gasteiger partial charge in [-0.3, -0.25) is 9.48 Å². The minimum atomic E-state index is -4.38. The number of amides is 1. The second kappa shape index (κ2) is 6.37. The average Bonchev–Trinajstić information content (AvgIpc) is 3.00. The summed E-state index contributed by atoms with van der Waals surface area (Å²) in [7, 11) is 0. The van der Waals surface area contributed by atoms with Gasteiger partial charge in [0.1, 0.15) is 6.54 Å². The molecule has 1 aromatic heterocycles. The van der Waals surface area contributed by atoms with E-state index in [2.05, 4.69) is 5.10 Å². The van der Waals surface area contributed by atoms with Crippen molar-refractivity contribution in [3.8, 4) is 0 Å². The molecule has 0 bridgehead atoms. The fourth-order valence-electron chi connectivity index (χ4n) is 2.71. The van der Waals surface area contributed by atoms with Crippen LogP contribution in [0.3, 0.4) is 0 Å². The first-order valence-corrected chi connectivity index (χ1v) is 6.87. The monoisotopic (exact) mass is 348 g/mol. The van der Waals surface area contributed by atoms with Crippen LogP contribution >= 0.6 is 12.4 Å². The fourth-order valence-corrected chi connectivity index (χ4v) is 2.71. The Morgan fingerprint density at radius 2 is 2.00 bits per heavy atom. The number of carbonyl (C=O) groups is 1. The van der Waals surface area contributed by atoms with Crippen LogP contribution in [-0.4, -0.2) is 45.9 Å². The molecule has 1 saturated heterocycles. The predicted octanol–water partition coefficient (Wildman–Crippen LogP) is 1.81. The van der Waals surface area contributed by atoms with Gasteiger partial charge in [0.25, 0.3) is 0 Å². The van der Waals surface area contributed by atoms with Crippen molar-refractivity contribution in [2.45, 2.75) is 18.8 Å². The van der Waals surface area contributed by atoms with Crippen molar-refractivity contribution in [1.82, 2.24) is 14.7 Å². The van der Waals surface area contributed by atoms with Gasteiger partial charge in [-0.2, -0.15) is 18.3 Å². The van der Waals surface area contributed by atoms with E-state index < -0.39 is 24.0 Å². The highest BCUT2D eigenvalue weighted by Gasteiger charge is 2.49. The van der Waals surface area contributed by atoms with Gasteiger partial charge in [-0.15, -0.1) is 12.4 Å². The average molecular weight is 349 g/mol. The third-order valence-electron chi connectivity index (χ3n) is 3.90. The first-order chi connectivity index (χ1) is 10.3. The lowest BCUT2D eigenvalue weighted by Gasteiger charge is -2.18. The van der Waals surface area contributed by atoms with Gasteiger partial charge in [0.05, 0.1) is 11.4 Å². The van der Waals surface area contributed by atoms with Crippen molar-refractivity contribution >= 4 is 29.2 Å². The van der Waals surface area contributed by atoms with E-state index in [9.17, 15) is 18.0 Å². The summed E-state index contributed by atoms with van der Waals surface area (Å²) in [4.78, 5) is 13.3. The molecule has 1 aliphatic rings. The van der Waals surface area contributed by atoms with Crippen LogP contribution in [-0.2, 0) is 11.3 Å². The minimum absolute atomic E-state index is 0. The zero-order valence-corrected chi connectivity index (χ0v) is 12.8. The van der Waals surface area contributed by atoms with Crippen LogP contribution in [0.1, 0.15) is 0 Å². The standard InChI is InChI=1S/C14H15F3N4O.ClH/c15-14(16,17)10-6-20(7-11(10)18)13(22)8-21-5-9-3-1-2-4-12(9)19-21;/h1-5,10-11H,6-8,18H2;1H/t10-,11-;/m1./s1. The second-order valence-corrected chi connectivity index (χ2v) is 5.50. The van der Waals surface area contributed by atoms with Crippen LogP contribution in [0.4, 0.5) is 13.2 Å². The topological polar surface area (TPSA) is 64.2 Å². The summed E-state index contributed by atoms with van der Waals surface area (Å²) >= 11 is 0. The van der Waals surface area contributed by atoms with E-state index in [1.807, 2.05) is 24.3 Å². The lowest BCUT2D eigenvalue weighted by Crippen LogP contribution is -2.38. The molecule has 1 amide bonds. The summed E-state index contributed by atoms with van der Waals surface area (Å²) in [6.07, 6.45) is -2.68. The summed E-state index contributed by atoms with van der Waals surface area (Å²) in [6.45, 7) is -0.555. The van der Waals surface area contributed by atoms with Crippen molar-refractivity contribution < 1.29 is 18.0 Å². The van der Waals surface area contributed by atoms with Gasteiger partial charge in [0.2, 0.25) is 5.91 Å². The number of alkyl halides is 3. The van der Waals surface area contributed by atoms with E-state index in [0.29, 0.717) is 0 Å². The lowest BCUT2D eigenvalue weighted by molar-refractivity contribution is -0.173. The molecule has 23 heavy (non-hydrogen) atoms. The van der Waals surface area contributed by atoms with Crippen LogP contribution in [0.5, 0.6) is 0 Å². The largest absolute Gasteiger partial charge is 0.395 e. The second-order valence-electron chi connectivity index (χ2n) is 5.50. The molecule has 2 atom stereocenters. The van der Waals surface area contributed by atoms with Gasteiger partial charge in [-0.05, 0) is 6.07 Å². The molecule has 0 unspecified atom stereocenters. The van der Waals surface area contributed by atoms with Gasteiger partial charge in [0, 0.05) is 30.7 Å². The summed E-state index contributed by atoms with van der Waals surface area (Å²) in [5.74, 6) is -2.07. The van der Waals surface area contributed by atoms with Crippen molar-refractivity contribution in [1.29, 1.82) is 0 Å². The Bertz CT molecular complexity index is 670. The highest BCUT2D eigenvalue weighted by molar-refractivity contribution is 5.85. The predicted molar refractivity (Wildman–Crippen MR) is 81.1 cm³/mol. The molecule has 1 aliphatic heterocycles. The van der Waals surface area contributed by atoms with Gasteiger partial charge < -0.3 is 10.6 Å². The molecule has 0 saturated carbocycles. The zero-order valence-electron chi connectivity index (χ0n) is 12.0. The highest BCUT2D eigenvalue weighted by Crippen LogP contribution is 2.33. The molecule has 5 nitrogen and oxygen atoms in total. The van der Waals surface area contributed by atoms with E-state index >= 15 is 0 Å². The number of hydrogen-bond acceptors (Lipinski definition) is 3.